The fraction of sp³-hybridized carbons (Fsp3) is 0.300. The van der Waals surface area contributed by atoms with Gasteiger partial charge in [-0.25, -0.2) is 14.4 Å². The molecule has 86 valence electrons. The van der Waals surface area contributed by atoms with E-state index in [0.717, 1.165) is 0 Å². The Morgan fingerprint density at radius 3 is 2.94 bits per heavy atom. The van der Waals surface area contributed by atoms with Gasteiger partial charge in [-0.3, -0.25) is 4.79 Å². The number of carboxylic acid groups (broad SMARTS) is 1. The van der Waals surface area contributed by atoms with Crippen LogP contribution in [0.25, 0.3) is 0 Å². The molecule has 0 radical (unpaired) electrons. The second-order valence-electron chi connectivity index (χ2n) is 3.16. The maximum absolute atomic E-state index is 13.6. The number of carboxylic acids is 1. The second kappa shape index (κ2) is 5.20. The SMILES string of the molecule is C=CCN(CC(=O)O)c1ncnc(C)c1F. The van der Waals surface area contributed by atoms with Gasteiger partial charge in [-0.2, -0.15) is 0 Å². The van der Waals surface area contributed by atoms with E-state index >= 15 is 0 Å². The van der Waals surface area contributed by atoms with E-state index in [4.69, 9.17) is 5.11 Å². The number of hydrogen-bond acceptors (Lipinski definition) is 4. The van der Waals surface area contributed by atoms with Gasteiger partial charge < -0.3 is 10.0 Å². The van der Waals surface area contributed by atoms with Crippen LogP contribution < -0.4 is 4.90 Å². The van der Waals surface area contributed by atoms with Crippen molar-refractivity contribution in [2.45, 2.75) is 6.92 Å². The number of aliphatic carboxylic acids is 1. The number of aromatic nitrogens is 2. The Morgan fingerprint density at radius 2 is 2.38 bits per heavy atom. The summed E-state index contributed by atoms with van der Waals surface area (Å²) in [7, 11) is 0. The average Bonchev–Trinajstić information content (AvgIpc) is 2.21. The third-order valence-electron chi connectivity index (χ3n) is 1.92. The maximum Gasteiger partial charge on any atom is 0.323 e. The third kappa shape index (κ3) is 2.75. The molecule has 16 heavy (non-hydrogen) atoms. The van der Waals surface area contributed by atoms with Crippen LogP contribution in [0.1, 0.15) is 5.69 Å². The molecule has 0 bridgehead atoms. The minimum Gasteiger partial charge on any atom is -0.480 e. The second-order valence-corrected chi connectivity index (χ2v) is 3.16. The molecule has 0 spiro atoms. The van der Waals surface area contributed by atoms with Crippen LogP contribution in [0, 0.1) is 12.7 Å². The topological polar surface area (TPSA) is 66.3 Å². The van der Waals surface area contributed by atoms with E-state index in [2.05, 4.69) is 16.5 Å². The Morgan fingerprint density at radius 1 is 1.69 bits per heavy atom. The quantitative estimate of drug-likeness (QED) is 0.757. The molecule has 0 aromatic carbocycles. The molecular formula is C10H12FN3O2. The molecule has 0 aliphatic carbocycles. The van der Waals surface area contributed by atoms with Gasteiger partial charge in [0.2, 0.25) is 0 Å². The molecule has 1 aromatic rings. The van der Waals surface area contributed by atoms with Crippen LogP contribution in [0.2, 0.25) is 0 Å². The zero-order chi connectivity index (χ0) is 12.1. The molecule has 0 saturated heterocycles. The summed E-state index contributed by atoms with van der Waals surface area (Å²) < 4.78 is 13.6. The van der Waals surface area contributed by atoms with Crippen molar-refractivity contribution in [1.29, 1.82) is 0 Å². The van der Waals surface area contributed by atoms with E-state index in [-0.39, 0.29) is 24.6 Å². The monoisotopic (exact) mass is 225 g/mol. The maximum atomic E-state index is 13.6. The number of carbonyl (C=O) groups is 1. The lowest BCUT2D eigenvalue weighted by Gasteiger charge is -2.20. The minimum atomic E-state index is -1.06. The van der Waals surface area contributed by atoms with Crippen molar-refractivity contribution in [2.75, 3.05) is 18.0 Å². The van der Waals surface area contributed by atoms with E-state index in [9.17, 15) is 9.18 Å². The van der Waals surface area contributed by atoms with Crippen molar-refractivity contribution in [2.24, 2.45) is 0 Å². The predicted octanol–water partition coefficient (Wildman–Crippen LogP) is 1.00. The molecule has 1 rings (SSSR count). The molecule has 0 amide bonds. The summed E-state index contributed by atoms with van der Waals surface area (Å²) in [5.41, 5.74) is 0.185. The van der Waals surface area contributed by atoms with Crippen LogP contribution in [0.5, 0.6) is 0 Å². The van der Waals surface area contributed by atoms with Gasteiger partial charge in [-0.15, -0.1) is 6.58 Å². The van der Waals surface area contributed by atoms with Crippen molar-refractivity contribution >= 4 is 11.8 Å². The summed E-state index contributed by atoms with van der Waals surface area (Å²) in [6.07, 6.45) is 2.69. The summed E-state index contributed by atoms with van der Waals surface area (Å²) in [6.45, 7) is 4.85. The number of hydrogen-bond donors (Lipinski definition) is 1. The van der Waals surface area contributed by atoms with E-state index in [1.54, 1.807) is 0 Å². The molecule has 1 aromatic heterocycles. The highest BCUT2D eigenvalue weighted by Crippen LogP contribution is 2.16. The minimum absolute atomic E-state index is 0.0187. The number of halogens is 1. The number of nitrogens with zero attached hydrogens (tertiary/aromatic N) is 3. The standard InChI is InChI=1S/C10H12FN3O2/c1-3-4-14(5-8(15)16)10-9(11)7(2)12-6-13-10/h3,6H,1,4-5H2,2H3,(H,15,16). The predicted molar refractivity (Wildman–Crippen MR) is 56.8 cm³/mol. The van der Waals surface area contributed by atoms with E-state index in [1.165, 1.54) is 24.2 Å². The summed E-state index contributed by atoms with van der Waals surface area (Å²) in [4.78, 5) is 19.3. The van der Waals surface area contributed by atoms with Crippen molar-refractivity contribution < 1.29 is 14.3 Å². The van der Waals surface area contributed by atoms with Crippen LogP contribution in [-0.2, 0) is 4.79 Å². The van der Waals surface area contributed by atoms with Crippen molar-refractivity contribution in [3.63, 3.8) is 0 Å². The first kappa shape index (κ1) is 12.1. The smallest absolute Gasteiger partial charge is 0.323 e. The van der Waals surface area contributed by atoms with Gasteiger partial charge in [0.25, 0.3) is 0 Å². The van der Waals surface area contributed by atoms with Crippen molar-refractivity contribution in [3.05, 3.63) is 30.5 Å². The average molecular weight is 225 g/mol. The van der Waals surface area contributed by atoms with Gasteiger partial charge in [0.15, 0.2) is 11.6 Å². The van der Waals surface area contributed by atoms with E-state index < -0.39 is 11.8 Å². The fourth-order valence-corrected chi connectivity index (χ4v) is 1.21. The first-order valence-corrected chi connectivity index (χ1v) is 4.61. The van der Waals surface area contributed by atoms with Gasteiger partial charge in [0, 0.05) is 6.54 Å². The van der Waals surface area contributed by atoms with Gasteiger partial charge in [0.05, 0.1) is 5.69 Å². The Kier molecular flexibility index (Phi) is 3.93. The summed E-state index contributed by atoms with van der Waals surface area (Å²) in [6, 6.07) is 0. The van der Waals surface area contributed by atoms with Crippen LogP contribution in [0.4, 0.5) is 10.2 Å². The molecular weight excluding hydrogens is 213 g/mol. The first-order chi connectivity index (χ1) is 7.56. The molecule has 0 aliphatic heterocycles. The van der Waals surface area contributed by atoms with Crippen LogP contribution in [0.15, 0.2) is 19.0 Å². The molecule has 0 aliphatic rings. The number of rotatable bonds is 5. The molecule has 6 heteroatoms. The summed E-state index contributed by atoms with van der Waals surface area (Å²) >= 11 is 0. The molecule has 5 nitrogen and oxygen atoms in total. The molecule has 0 atom stereocenters. The van der Waals surface area contributed by atoms with Gasteiger partial charge in [0.1, 0.15) is 12.9 Å². The molecule has 1 heterocycles. The van der Waals surface area contributed by atoms with Crippen LogP contribution in [-0.4, -0.2) is 34.1 Å². The number of aryl methyl sites for hydroxylation is 1. The summed E-state index contributed by atoms with van der Waals surface area (Å²) in [5, 5.41) is 8.69. The Labute approximate surface area is 92.3 Å². The van der Waals surface area contributed by atoms with Crippen LogP contribution >= 0.6 is 0 Å². The lowest BCUT2D eigenvalue weighted by atomic mass is 10.3. The van der Waals surface area contributed by atoms with E-state index in [1.807, 2.05) is 0 Å². The molecule has 1 N–H and O–H groups in total. The number of anilines is 1. The lowest BCUT2D eigenvalue weighted by molar-refractivity contribution is -0.135. The normalized spacial score (nSPS) is 9.88. The van der Waals surface area contributed by atoms with Crippen molar-refractivity contribution in [1.82, 2.24) is 9.97 Å². The Balaban J connectivity index is 3.04. The van der Waals surface area contributed by atoms with Crippen LogP contribution in [0.3, 0.4) is 0 Å². The molecule has 0 saturated carbocycles. The zero-order valence-electron chi connectivity index (χ0n) is 8.85. The lowest BCUT2D eigenvalue weighted by Crippen LogP contribution is -2.31. The highest BCUT2D eigenvalue weighted by molar-refractivity contribution is 5.73. The third-order valence-corrected chi connectivity index (χ3v) is 1.92. The highest BCUT2D eigenvalue weighted by atomic mass is 19.1. The van der Waals surface area contributed by atoms with E-state index in [0.29, 0.717) is 0 Å². The molecule has 0 fully saturated rings. The largest absolute Gasteiger partial charge is 0.480 e. The first-order valence-electron chi connectivity index (χ1n) is 4.61. The van der Waals surface area contributed by atoms with Gasteiger partial charge >= 0.3 is 5.97 Å². The Hall–Kier alpha value is -1.98. The van der Waals surface area contributed by atoms with Gasteiger partial charge in [-0.05, 0) is 6.92 Å². The van der Waals surface area contributed by atoms with Gasteiger partial charge in [-0.1, -0.05) is 6.08 Å². The molecule has 0 unspecified atom stereocenters. The Bertz CT molecular complexity index is 409. The highest BCUT2D eigenvalue weighted by Gasteiger charge is 2.16. The zero-order valence-corrected chi connectivity index (χ0v) is 8.85. The van der Waals surface area contributed by atoms with Crippen molar-refractivity contribution in [3.8, 4) is 0 Å². The fourth-order valence-electron chi connectivity index (χ4n) is 1.21. The summed E-state index contributed by atoms with van der Waals surface area (Å²) in [5.74, 6) is -1.68.